The first kappa shape index (κ1) is 17.9. The molecule has 0 saturated carbocycles. The van der Waals surface area contributed by atoms with E-state index in [0.717, 1.165) is 11.8 Å². The molecule has 7 nitrogen and oxygen atoms in total. The fourth-order valence-corrected chi connectivity index (χ4v) is 3.00. The maximum Gasteiger partial charge on any atom is 0.234 e. The average molecular weight is 396 g/mol. The lowest BCUT2D eigenvalue weighted by atomic mass is 10.2. The lowest BCUT2D eigenvalue weighted by molar-refractivity contribution is -0.113. The van der Waals surface area contributed by atoms with E-state index in [-0.39, 0.29) is 22.5 Å². The summed E-state index contributed by atoms with van der Waals surface area (Å²) in [4.78, 5) is 16.5. The number of benzene rings is 1. The van der Waals surface area contributed by atoms with Gasteiger partial charge in [-0.3, -0.25) is 4.79 Å². The highest BCUT2D eigenvalue weighted by Crippen LogP contribution is 2.30. The molecule has 0 aliphatic carbocycles. The summed E-state index contributed by atoms with van der Waals surface area (Å²) in [6.45, 7) is 0. The highest BCUT2D eigenvalue weighted by atomic mass is 32.2. The maximum atomic E-state index is 13.6. The quantitative estimate of drug-likeness (QED) is 0.487. The number of hydrogen-bond acceptors (Lipinski definition) is 7. The summed E-state index contributed by atoms with van der Waals surface area (Å²) in [5, 5.41) is 11.0. The van der Waals surface area contributed by atoms with Gasteiger partial charge in [0.1, 0.15) is 11.5 Å². The first-order valence-electron chi connectivity index (χ1n) is 8.20. The van der Waals surface area contributed by atoms with Crippen LogP contribution in [0.3, 0.4) is 0 Å². The molecule has 1 aromatic carbocycles. The number of para-hydroxylation sites is 1. The number of aromatic nitrogens is 3. The molecule has 0 spiro atoms. The van der Waals surface area contributed by atoms with Crippen molar-refractivity contribution in [2.45, 2.75) is 5.16 Å². The van der Waals surface area contributed by atoms with Crippen molar-refractivity contribution in [2.75, 3.05) is 11.1 Å². The Morgan fingerprint density at radius 3 is 2.36 bits per heavy atom. The number of hydrogen-bond donors (Lipinski definition) is 1. The van der Waals surface area contributed by atoms with Crippen molar-refractivity contribution in [1.29, 1.82) is 0 Å². The molecule has 3 aromatic heterocycles. The van der Waals surface area contributed by atoms with Crippen LogP contribution in [0.15, 0.2) is 75.0 Å². The molecule has 0 radical (unpaired) electrons. The van der Waals surface area contributed by atoms with E-state index in [2.05, 4.69) is 20.5 Å². The summed E-state index contributed by atoms with van der Waals surface area (Å²) in [5.74, 6) is 0.113. The molecule has 0 fully saturated rings. The van der Waals surface area contributed by atoms with E-state index in [0.29, 0.717) is 22.9 Å². The molecule has 4 rings (SSSR count). The van der Waals surface area contributed by atoms with Crippen LogP contribution >= 0.6 is 11.8 Å². The number of halogens is 1. The minimum Gasteiger partial charge on any atom is -0.463 e. The molecule has 0 unspecified atom stereocenters. The predicted molar refractivity (Wildman–Crippen MR) is 101 cm³/mol. The van der Waals surface area contributed by atoms with E-state index in [9.17, 15) is 9.18 Å². The Labute approximate surface area is 163 Å². The molecule has 140 valence electrons. The zero-order valence-corrected chi connectivity index (χ0v) is 15.1. The highest BCUT2D eigenvalue weighted by Gasteiger charge is 2.18. The summed E-state index contributed by atoms with van der Waals surface area (Å²) in [6.07, 6.45) is 3.05. The zero-order valence-electron chi connectivity index (χ0n) is 14.3. The van der Waals surface area contributed by atoms with Crippen LogP contribution in [0, 0.1) is 5.82 Å². The molecular weight excluding hydrogens is 383 g/mol. The van der Waals surface area contributed by atoms with Gasteiger partial charge in [0.05, 0.1) is 24.0 Å². The van der Waals surface area contributed by atoms with Crippen molar-refractivity contribution < 1.29 is 18.0 Å². The number of carbonyl (C=O) groups is 1. The van der Waals surface area contributed by atoms with Crippen LogP contribution in [0.25, 0.3) is 22.9 Å². The molecule has 1 amide bonds. The van der Waals surface area contributed by atoms with Gasteiger partial charge in [-0.2, -0.15) is 0 Å². The Balaban J connectivity index is 1.52. The number of amides is 1. The van der Waals surface area contributed by atoms with E-state index in [1.807, 2.05) is 0 Å². The number of nitrogens with one attached hydrogen (secondary N) is 1. The third kappa shape index (κ3) is 3.94. The molecular formula is C19H13FN4O3S. The monoisotopic (exact) mass is 396 g/mol. The molecule has 1 N–H and O–H groups in total. The van der Waals surface area contributed by atoms with Crippen LogP contribution in [0.4, 0.5) is 10.1 Å². The van der Waals surface area contributed by atoms with Gasteiger partial charge >= 0.3 is 0 Å². The fourth-order valence-electron chi connectivity index (χ4n) is 2.42. The molecule has 9 heteroatoms. The van der Waals surface area contributed by atoms with E-state index in [4.69, 9.17) is 8.83 Å². The van der Waals surface area contributed by atoms with Gasteiger partial charge in [0.15, 0.2) is 17.2 Å². The van der Waals surface area contributed by atoms with Crippen molar-refractivity contribution in [3.63, 3.8) is 0 Å². The van der Waals surface area contributed by atoms with Gasteiger partial charge in [-0.25, -0.2) is 9.37 Å². The van der Waals surface area contributed by atoms with Gasteiger partial charge in [-0.05, 0) is 36.4 Å². The second kappa shape index (κ2) is 8.05. The first-order chi connectivity index (χ1) is 13.7. The van der Waals surface area contributed by atoms with Gasteiger partial charge in [-0.15, -0.1) is 10.2 Å². The zero-order chi connectivity index (χ0) is 19.3. The second-order valence-electron chi connectivity index (χ2n) is 5.56. The normalized spacial score (nSPS) is 10.8. The summed E-state index contributed by atoms with van der Waals surface area (Å²) in [5.41, 5.74) is 1.00. The lowest BCUT2D eigenvalue weighted by Gasteiger charge is -2.07. The molecule has 0 aliphatic rings. The second-order valence-corrected chi connectivity index (χ2v) is 6.51. The molecule has 0 saturated heterocycles. The van der Waals surface area contributed by atoms with Crippen molar-refractivity contribution in [3.05, 3.63) is 66.9 Å². The third-order valence-electron chi connectivity index (χ3n) is 3.66. The molecule has 28 heavy (non-hydrogen) atoms. The maximum absolute atomic E-state index is 13.6. The van der Waals surface area contributed by atoms with Crippen LogP contribution in [-0.2, 0) is 4.79 Å². The molecule has 0 aliphatic heterocycles. The standard InChI is InChI=1S/C19H13FN4O3S/c20-12-5-1-2-6-13(12)21-16(25)11-28-19-22-17(14-7-3-9-26-14)18(23-24-19)15-8-4-10-27-15/h1-10H,11H2,(H,21,25). The summed E-state index contributed by atoms with van der Waals surface area (Å²) in [7, 11) is 0. The first-order valence-corrected chi connectivity index (χ1v) is 9.19. The third-order valence-corrected chi connectivity index (χ3v) is 4.49. The number of furan rings is 2. The number of carbonyl (C=O) groups excluding carboxylic acids is 1. The topological polar surface area (TPSA) is 94.0 Å². The van der Waals surface area contributed by atoms with Crippen molar-refractivity contribution >= 4 is 23.4 Å². The van der Waals surface area contributed by atoms with E-state index in [1.54, 1.807) is 36.4 Å². The molecule has 4 aromatic rings. The number of nitrogens with zero attached hydrogens (tertiary/aromatic N) is 3. The predicted octanol–water partition coefficient (Wildman–Crippen LogP) is 4.26. The van der Waals surface area contributed by atoms with Gasteiger partial charge < -0.3 is 14.2 Å². The van der Waals surface area contributed by atoms with Crippen LogP contribution in [-0.4, -0.2) is 26.8 Å². The SMILES string of the molecule is O=C(CSc1nnc(-c2ccco2)c(-c2ccco2)n1)Nc1ccccc1F. The Bertz CT molecular complexity index is 1080. The van der Waals surface area contributed by atoms with Gasteiger partial charge in [0, 0.05) is 0 Å². The average Bonchev–Trinajstić information content (AvgIpc) is 3.42. The molecule has 0 atom stereocenters. The van der Waals surface area contributed by atoms with E-state index in [1.165, 1.54) is 24.7 Å². The Morgan fingerprint density at radius 1 is 0.964 bits per heavy atom. The molecule has 3 heterocycles. The summed E-state index contributed by atoms with van der Waals surface area (Å²) < 4.78 is 24.4. The van der Waals surface area contributed by atoms with Crippen LogP contribution in [0.5, 0.6) is 0 Å². The van der Waals surface area contributed by atoms with Gasteiger partial charge in [0.25, 0.3) is 0 Å². The summed E-state index contributed by atoms with van der Waals surface area (Å²) >= 11 is 1.08. The van der Waals surface area contributed by atoms with Crippen LogP contribution in [0.2, 0.25) is 0 Å². The lowest BCUT2D eigenvalue weighted by Crippen LogP contribution is -2.15. The molecule has 0 bridgehead atoms. The Kier molecular flexibility index (Phi) is 5.16. The van der Waals surface area contributed by atoms with E-state index >= 15 is 0 Å². The minimum absolute atomic E-state index is 0.00624. The van der Waals surface area contributed by atoms with Gasteiger partial charge in [-0.1, -0.05) is 23.9 Å². The Hall–Kier alpha value is -3.46. The number of rotatable bonds is 6. The minimum atomic E-state index is -0.498. The number of anilines is 1. The van der Waals surface area contributed by atoms with Crippen LogP contribution < -0.4 is 5.32 Å². The van der Waals surface area contributed by atoms with Crippen molar-refractivity contribution in [1.82, 2.24) is 15.2 Å². The fraction of sp³-hybridized carbons (Fsp3) is 0.0526. The largest absolute Gasteiger partial charge is 0.463 e. The number of thioether (sulfide) groups is 1. The van der Waals surface area contributed by atoms with Crippen molar-refractivity contribution in [3.8, 4) is 22.9 Å². The van der Waals surface area contributed by atoms with Gasteiger partial charge in [0.2, 0.25) is 11.1 Å². The highest BCUT2D eigenvalue weighted by molar-refractivity contribution is 7.99. The smallest absolute Gasteiger partial charge is 0.234 e. The van der Waals surface area contributed by atoms with E-state index < -0.39 is 5.82 Å². The van der Waals surface area contributed by atoms with Crippen molar-refractivity contribution in [2.24, 2.45) is 0 Å². The summed E-state index contributed by atoms with van der Waals surface area (Å²) in [6, 6.07) is 12.9. The Morgan fingerprint density at radius 2 is 1.68 bits per heavy atom. The van der Waals surface area contributed by atoms with Crippen LogP contribution in [0.1, 0.15) is 0 Å².